The zero-order valence-corrected chi connectivity index (χ0v) is 14.4. The second-order valence-corrected chi connectivity index (χ2v) is 6.90. The van der Waals surface area contributed by atoms with Crippen LogP contribution in [0.15, 0.2) is 30.3 Å². The SMILES string of the molecule is CC(C)(C)OC(=O)NCc1nn(-c2ccccc2)c2c1CNCC2. The molecule has 1 aliphatic rings. The number of fused-ring (bicyclic) bond motifs is 1. The van der Waals surface area contributed by atoms with Crippen LogP contribution in [0.4, 0.5) is 4.79 Å². The Bertz CT molecular complexity index is 717. The highest BCUT2D eigenvalue weighted by molar-refractivity contribution is 5.67. The summed E-state index contributed by atoms with van der Waals surface area (Å²) in [4.78, 5) is 11.9. The Morgan fingerprint density at radius 1 is 1.33 bits per heavy atom. The van der Waals surface area contributed by atoms with Crippen LogP contribution in [0, 0.1) is 0 Å². The van der Waals surface area contributed by atoms with Gasteiger partial charge in [-0.15, -0.1) is 0 Å². The van der Waals surface area contributed by atoms with Crippen LogP contribution in [0.2, 0.25) is 0 Å². The Morgan fingerprint density at radius 2 is 2.08 bits per heavy atom. The molecule has 0 atom stereocenters. The number of carbonyl (C=O) groups is 1. The minimum absolute atomic E-state index is 0.360. The third-order valence-electron chi connectivity index (χ3n) is 3.81. The largest absolute Gasteiger partial charge is 0.444 e. The number of hydrogen-bond acceptors (Lipinski definition) is 4. The molecule has 0 bridgehead atoms. The molecule has 0 aliphatic carbocycles. The predicted octanol–water partition coefficient (Wildman–Crippen LogP) is 2.54. The van der Waals surface area contributed by atoms with Crippen molar-refractivity contribution >= 4 is 6.09 Å². The topological polar surface area (TPSA) is 68.2 Å². The molecule has 2 heterocycles. The molecule has 24 heavy (non-hydrogen) atoms. The van der Waals surface area contributed by atoms with E-state index in [1.165, 1.54) is 11.3 Å². The highest BCUT2D eigenvalue weighted by Crippen LogP contribution is 2.22. The van der Waals surface area contributed by atoms with Gasteiger partial charge in [-0.05, 0) is 32.9 Å². The monoisotopic (exact) mass is 328 g/mol. The van der Waals surface area contributed by atoms with E-state index in [0.29, 0.717) is 6.54 Å². The van der Waals surface area contributed by atoms with Gasteiger partial charge in [0.2, 0.25) is 0 Å². The molecule has 6 nitrogen and oxygen atoms in total. The number of para-hydroxylation sites is 1. The van der Waals surface area contributed by atoms with Crippen molar-refractivity contribution in [1.82, 2.24) is 20.4 Å². The number of hydrogen-bond donors (Lipinski definition) is 2. The average Bonchev–Trinajstić information content (AvgIpc) is 2.91. The number of ether oxygens (including phenoxy) is 1. The summed E-state index contributed by atoms with van der Waals surface area (Å²) in [6.45, 7) is 7.62. The van der Waals surface area contributed by atoms with E-state index in [2.05, 4.69) is 10.6 Å². The van der Waals surface area contributed by atoms with Gasteiger partial charge in [0.25, 0.3) is 0 Å². The molecule has 0 radical (unpaired) electrons. The molecule has 128 valence electrons. The van der Waals surface area contributed by atoms with Crippen molar-refractivity contribution in [1.29, 1.82) is 0 Å². The smallest absolute Gasteiger partial charge is 0.407 e. The fraction of sp³-hybridized carbons (Fsp3) is 0.444. The highest BCUT2D eigenvalue weighted by Gasteiger charge is 2.22. The normalized spacial score (nSPS) is 14.1. The fourth-order valence-corrected chi connectivity index (χ4v) is 2.81. The fourth-order valence-electron chi connectivity index (χ4n) is 2.81. The summed E-state index contributed by atoms with van der Waals surface area (Å²) >= 11 is 0. The Balaban J connectivity index is 1.81. The van der Waals surface area contributed by atoms with Gasteiger partial charge >= 0.3 is 6.09 Å². The zero-order chi connectivity index (χ0) is 17.2. The first-order chi connectivity index (χ1) is 11.4. The molecule has 0 saturated carbocycles. The number of nitrogens with one attached hydrogen (secondary N) is 2. The van der Waals surface area contributed by atoms with Crippen LogP contribution in [0.1, 0.15) is 37.7 Å². The maximum Gasteiger partial charge on any atom is 0.407 e. The number of aromatic nitrogens is 2. The molecule has 2 aromatic rings. The molecule has 1 aromatic carbocycles. The number of benzene rings is 1. The van der Waals surface area contributed by atoms with Gasteiger partial charge in [-0.2, -0.15) is 5.10 Å². The van der Waals surface area contributed by atoms with Gasteiger partial charge in [0.15, 0.2) is 0 Å². The summed E-state index contributed by atoms with van der Waals surface area (Å²) in [5.41, 5.74) is 3.79. The molecule has 0 saturated heterocycles. The van der Waals surface area contributed by atoms with Crippen molar-refractivity contribution in [2.45, 2.75) is 45.9 Å². The molecule has 0 spiro atoms. The highest BCUT2D eigenvalue weighted by atomic mass is 16.6. The van der Waals surface area contributed by atoms with Gasteiger partial charge in [0.1, 0.15) is 5.60 Å². The van der Waals surface area contributed by atoms with Crippen LogP contribution in [-0.4, -0.2) is 28.0 Å². The molecule has 3 rings (SSSR count). The molecule has 0 fully saturated rings. The van der Waals surface area contributed by atoms with Gasteiger partial charge in [-0.1, -0.05) is 18.2 Å². The second-order valence-electron chi connectivity index (χ2n) is 6.90. The first-order valence-electron chi connectivity index (χ1n) is 8.27. The molecular formula is C18H24N4O2. The van der Waals surface area contributed by atoms with Crippen LogP contribution >= 0.6 is 0 Å². The van der Waals surface area contributed by atoms with Gasteiger partial charge in [-0.3, -0.25) is 0 Å². The summed E-state index contributed by atoms with van der Waals surface area (Å²) in [5.74, 6) is 0. The number of alkyl carbamates (subject to hydrolysis) is 1. The van der Waals surface area contributed by atoms with Crippen molar-refractivity contribution in [2.24, 2.45) is 0 Å². The number of carbonyl (C=O) groups excluding carboxylic acids is 1. The maximum atomic E-state index is 11.9. The standard InChI is InChI=1S/C18H24N4O2/c1-18(2,3)24-17(23)20-12-15-14-11-19-10-9-16(14)22(21-15)13-7-5-4-6-8-13/h4-8,19H,9-12H2,1-3H3,(H,20,23). The van der Waals surface area contributed by atoms with Gasteiger partial charge in [0.05, 0.1) is 23.6 Å². The molecule has 1 amide bonds. The predicted molar refractivity (Wildman–Crippen MR) is 92.0 cm³/mol. The molecule has 0 unspecified atom stereocenters. The molecule has 1 aromatic heterocycles. The van der Waals surface area contributed by atoms with Crippen LogP contribution in [0.5, 0.6) is 0 Å². The maximum absolute atomic E-state index is 11.9. The Labute approximate surface area is 142 Å². The Morgan fingerprint density at radius 3 is 2.79 bits per heavy atom. The lowest BCUT2D eigenvalue weighted by Crippen LogP contribution is -2.32. The third kappa shape index (κ3) is 3.76. The number of amides is 1. The summed E-state index contributed by atoms with van der Waals surface area (Å²) in [6.07, 6.45) is 0.498. The van der Waals surface area contributed by atoms with Crippen molar-refractivity contribution < 1.29 is 9.53 Å². The lowest BCUT2D eigenvalue weighted by Gasteiger charge is -2.19. The van der Waals surface area contributed by atoms with E-state index in [1.807, 2.05) is 55.8 Å². The van der Waals surface area contributed by atoms with Crippen molar-refractivity contribution in [3.8, 4) is 5.69 Å². The van der Waals surface area contributed by atoms with Crippen molar-refractivity contribution in [3.05, 3.63) is 47.3 Å². The second kappa shape index (κ2) is 6.65. The average molecular weight is 328 g/mol. The van der Waals surface area contributed by atoms with Crippen molar-refractivity contribution in [3.63, 3.8) is 0 Å². The van der Waals surface area contributed by atoms with Gasteiger partial charge in [-0.25, -0.2) is 9.48 Å². The van der Waals surface area contributed by atoms with E-state index in [4.69, 9.17) is 9.84 Å². The van der Waals surface area contributed by atoms with Crippen LogP contribution in [-0.2, 0) is 24.2 Å². The lowest BCUT2D eigenvalue weighted by atomic mass is 10.1. The molecule has 1 aliphatic heterocycles. The van der Waals surface area contributed by atoms with E-state index >= 15 is 0 Å². The van der Waals surface area contributed by atoms with E-state index in [9.17, 15) is 4.79 Å². The molecule has 6 heteroatoms. The van der Waals surface area contributed by atoms with E-state index < -0.39 is 11.7 Å². The van der Waals surface area contributed by atoms with E-state index in [0.717, 1.165) is 30.9 Å². The Hall–Kier alpha value is -2.34. The van der Waals surface area contributed by atoms with Gasteiger partial charge < -0.3 is 15.4 Å². The summed E-state index contributed by atoms with van der Waals surface area (Å²) in [6, 6.07) is 10.1. The summed E-state index contributed by atoms with van der Waals surface area (Å²) in [5, 5.41) is 10.9. The van der Waals surface area contributed by atoms with E-state index in [-0.39, 0.29) is 0 Å². The summed E-state index contributed by atoms with van der Waals surface area (Å²) < 4.78 is 7.28. The first-order valence-corrected chi connectivity index (χ1v) is 8.27. The quantitative estimate of drug-likeness (QED) is 0.908. The summed E-state index contributed by atoms with van der Waals surface area (Å²) in [7, 11) is 0. The third-order valence-corrected chi connectivity index (χ3v) is 3.81. The van der Waals surface area contributed by atoms with Crippen molar-refractivity contribution in [2.75, 3.05) is 6.54 Å². The number of rotatable bonds is 3. The Kier molecular flexibility index (Phi) is 4.57. The molecule has 2 N–H and O–H groups in total. The van der Waals surface area contributed by atoms with Crippen LogP contribution < -0.4 is 10.6 Å². The van der Waals surface area contributed by atoms with E-state index in [1.54, 1.807) is 0 Å². The lowest BCUT2D eigenvalue weighted by molar-refractivity contribution is 0.0522. The minimum Gasteiger partial charge on any atom is -0.444 e. The van der Waals surface area contributed by atoms with Gasteiger partial charge in [0, 0.05) is 25.1 Å². The number of nitrogens with zero attached hydrogens (tertiary/aromatic N) is 2. The van der Waals surface area contributed by atoms with Crippen LogP contribution in [0.25, 0.3) is 5.69 Å². The molecular weight excluding hydrogens is 304 g/mol. The van der Waals surface area contributed by atoms with Crippen LogP contribution in [0.3, 0.4) is 0 Å². The minimum atomic E-state index is -0.505. The first kappa shape index (κ1) is 16.5. The zero-order valence-electron chi connectivity index (χ0n) is 14.4.